The van der Waals surface area contributed by atoms with Crippen molar-refractivity contribution in [3.63, 3.8) is 0 Å². The molecule has 33 heavy (non-hydrogen) atoms. The zero-order valence-corrected chi connectivity index (χ0v) is 17.7. The van der Waals surface area contributed by atoms with Crippen molar-refractivity contribution in [1.29, 1.82) is 0 Å². The van der Waals surface area contributed by atoms with Crippen LogP contribution in [0.5, 0.6) is 0 Å². The number of benzene rings is 1. The minimum Gasteiger partial charge on any atom is -0.460 e. The van der Waals surface area contributed by atoms with Gasteiger partial charge in [0.2, 0.25) is 5.56 Å². The first kappa shape index (κ1) is 21.9. The number of rotatable bonds is 5. The molecule has 0 aliphatic rings. The van der Waals surface area contributed by atoms with Gasteiger partial charge in [0.1, 0.15) is 40.2 Å². The zero-order chi connectivity index (χ0) is 23.9. The fourth-order valence-corrected chi connectivity index (χ4v) is 3.42. The number of aromatic nitrogens is 3. The molecule has 168 valence electrons. The molecule has 3 heterocycles. The third-order valence-electron chi connectivity index (χ3n) is 5.11. The van der Waals surface area contributed by atoms with Crippen LogP contribution in [0.1, 0.15) is 27.4 Å². The summed E-state index contributed by atoms with van der Waals surface area (Å²) in [5.74, 6) is -2.31. The highest BCUT2D eigenvalue weighted by Crippen LogP contribution is 2.32. The lowest BCUT2D eigenvalue weighted by atomic mass is 10.0. The highest BCUT2D eigenvalue weighted by molar-refractivity contribution is 5.93. The maximum absolute atomic E-state index is 14.8. The molecular weight excluding hydrogens is 432 g/mol. The number of primary amides is 1. The van der Waals surface area contributed by atoms with Crippen LogP contribution < -0.4 is 17.0 Å². The second-order valence-corrected chi connectivity index (χ2v) is 7.47. The van der Waals surface area contributed by atoms with Gasteiger partial charge in [-0.1, -0.05) is 6.07 Å². The number of anilines is 1. The predicted molar refractivity (Wildman–Crippen MR) is 117 cm³/mol. The van der Waals surface area contributed by atoms with Crippen molar-refractivity contribution in [2.24, 2.45) is 12.8 Å². The van der Waals surface area contributed by atoms with Gasteiger partial charge in [0.05, 0.1) is 5.69 Å². The van der Waals surface area contributed by atoms with Crippen molar-refractivity contribution in [3.05, 3.63) is 87.2 Å². The lowest BCUT2D eigenvalue weighted by molar-refractivity contribution is 0.0992. The molecule has 3 aromatic heterocycles. The normalized spacial score (nSPS) is 11.0. The molecule has 8 nitrogen and oxygen atoms in total. The number of nitrogen functional groups attached to an aromatic ring is 1. The summed E-state index contributed by atoms with van der Waals surface area (Å²) in [6.07, 6.45) is 1.40. The van der Waals surface area contributed by atoms with E-state index in [1.165, 1.54) is 16.7 Å². The van der Waals surface area contributed by atoms with E-state index in [0.717, 1.165) is 6.07 Å². The number of nitrogens with zero attached hydrogens (tertiary/aromatic N) is 3. The van der Waals surface area contributed by atoms with Crippen LogP contribution in [0, 0.1) is 18.6 Å². The Hall–Kier alpha value is -4.34. The van der Waals surface area contributed by atoms with Gasteiger partial charge in [0.15, 0.2) is 5.76 Å². The summed E-state index contributed by atoms with van der Waals surface area (Å²) in [6, 6.07) is 8.57. The smallest absolute Gasteiger partial charge is 0.254 e. The molecule has 0 fully saturated rings. The molecule has 0 aliphatic carbocycles. The Bertz CT molecular complexity index is 1460. The van der Waals surface area contributed by atoms with Crippen LogP contribution >= 0.6 is 0 Å². The summed E-state index contributed by atoms with van der Waals surface area (Å²) in [7, 11) is 1.59. The van der Waals surface area contributed by atoms with Crippen molar-refractivity contribution < 1.29 is 18.0 Å². The maximum Gasteiger partial charge on any atom is 0.254 e. The molecule has 0 unspecified atom stereocenters. The summed E-state index contributed by atoms with van der Waals surface area (Å²) >= 11 is 0. The van der Waals surface area contributed by atoms with Gasteiger partial charge in [-0.2, -0.15) is 0 Å². The van der Waals surface area contributed by atoms with Gasteiger partial charge in [-0.25, -0.2) is 18.7 Å². The van der Waals surface area contributed by atoms with E-state index in [2.05, 4.69) is 9.97 Å². The first-order chi connectivity index (χ1) is 15.7. The summed E-state index contributed by atoms with van der Waals surface area (Å²) in [5, 5.41) is 0. The monoisotopic (exact) mass is 451 g/mol. The van der Waals surface area contributed by atoms with E-state index in [-0.39, 0.29) is 29.1 Å². The van der Waals surface area contributed by atoms with E-state index in [1.807, 2.05) is 0 Å². The largest absolute Gasteiger partial charge is 0.460 e. The van der Waals surface area contributed by atoms with Gasteiger partial charge in [0.25, 0.3) is 5.91 Å². The molecular formula is C23H19F2N5O3. The number of hydrogen-bond acceptors (Lipinski definition) is 6. The number of furan rings is 1. The zero-order valence-electron chi connectivity index (χ0n) is 17.7. The second-order valence-electron chi connectivity index (χ2n) is 7.47. The Balaban J connectivity index is 1.89. The van der Waals surface area contributed by atoms with Crippen molar-refractivity contribution in [3.8, 4) is 22.7 Å². The van der Waals surface area contributed by atoms with Crippen LogP contribution in [-0.4, -0.2) is 20.4 Å². The number of carbonyl (C=O) groups is 1. The number of nitrogens with two attached hydrogens (primary N) is 2. The van der Waals surface area contributed by atoms with Crippen LogP contribution in [-0.2, 0) is 13.5 Å². The fourth-order valence-electron chi connectivity index (χ4n) is 3.42. The van der Waals surface area contributed by atoms with Crippen LogP contribution in [0.15, 0.2) is 51.8 Å². The van der Waals surface area contributed by atoms with Gasteiger partial charge < -0.3 is 20.5 Å². The van der Waals surface area contributed by atoms with Crippen molar-refractivity contribution in [2.45, 2.75) is 13.3 Å². The van der Waals surface area contributed by atoms with E-state index < -0.39 is 23.1 Å². The first-order valence-corrected chi connectivity index (χ1v) is 9.82. The first-order valence-electron chi connectivity index (χ1n) is 9.82. The van der Waals surface area contributed by atoms with Gasteiger partial charge in [-0.05, 0) is 36.8 Å². The molecule has 0 bridgehead atoms. The number of carbonyl (C=O) groups excluding carboxylic acids is 1. The molecule has 10 heteroatoms. The van der Waals surface area contributed by atoms with Gasteiger partial charge in [-0.15, -0.1) is 0 Å². The minimum absolute atomic E-state index is 0.00280. The van der Waals surface area contributed by atoms with E-state index in [4.69, 9.17) is 15.9 Å². The molecule has 0 spiro atoms. The quantitative estimate of drug-likeness (QED) is 0.480. The van der Waals surface area contributed by atoms with Gasteiger partial charge in [0, 0.05) is 31.3 Å². The number of aryl methyl sites for hydroxylation is 2. The van der Waals surface area contributed by atoms with Crippen molar-refractivity contribution in [1.82, 2.24) is 14.5 Å². The summed E-state index contributed by atoms with van der Waals surface area (Å²) in [5.41, 5.74) is 11.6. The predicted octanol–water partition coefficient (Wildman–Crippen LogP) is 2.96. The van der Waals surface area contributed by atoms with Crippen LogP contribution in [0.3, 0.4) is 0 Å². The number of halogens is 2. The van der Waals surface area contributed by atoms with E-state index in [1.54, 1.807) is 38.4 Å². The summed E-state index contributed by atoms with van der Waals surface area (Å²) < 4.78 is 35.7. The van der Waals surface area contributed by atoms with Gasteiger partial charge >= 0.3 is 0 Å². The Kier molecular flexibility index (Phi) is 5.50. The summed E-state index contributed by atoms with van der Waals surface area (Å²) in [4.78, 5) is 32.3. The Morgan fingerprint density at radius 3 is 2.48 bits per heavy atom. The third-order valence-corrected chi connectivity index (χ3v) is 5.11. The second kappa shape index (κ2) is 8.30. The number of hydrogen-bond donors (Lipinski definition) is 2. The number of pyridine rings is 1. The highest BCUT2D eigenvalue weighted by Gasteiger charge is 2.22. The molecule has 1 amide bonds. The fraction of sp³-hybridized carbons (Fsp3) is 0.130. The van der Waals surface area contributed by atoms with Crippen molar-refractivity contribution in [2.75, 3.05) is 5.73 Å². The molecule has 4 aromatic rings. The molecule has 0 radical (unpaired) electrons. The Morgan fingerprint density at radius 1 is 1.09 bits per heavy atom. The molecule has 0 saturated carbocycles. The average molecular weight is 451 g/mol. The molecule has 1 aromatic carbocycles. The molecule has 0 atom stereocenters. The minimum atomic E-state index is -1.22. The average Bonchev–Trinajstić information content (AvgIpc) is 3.19. The van der Waals surface area contributed by atoms with Crippen LogP contribution in [0.25, 0.3) is 22.7 Å². The topological polar surface area (TPSA) is 130 Å². The Labute approximate surface area is 186 Å². The lowest BCUT2D eigenvalue weighted by Crippen LogP contribution is -2.17. The van der Waals surface area contributed by atoms with E-state index >= 15 is 0 Å². The van der Waals surface area contributed by atoms with Crippen molar-refractivity contribution >= 4 is 11.7 Å². The van der Waals surface area contributed by atoms with Gasteiger partial charge in [-0.3, -0.25) is 9.59 Å². The van der Waals surface area contributed by atoms with Crippen LogP contribution in [0.2, 0.25) is 0 Å². The third kappa shape index (κ3) is 4.10. The highest BCUT2D eigenvalue weighted by atomic mass is 19.1. The van der Waals surface area contributed by atoms with E-state index in [0.29, 0.717) is 28.5 Å². The number of amides is 1. The summed E-state index contributed by atoms with van der Waals surface area (Å²) in [6.45, 7) is 1.77. The SMILES string of the molecule is Cc1ccc(-c2nc(N)c(Cc3ccc(F)c(C(N)=O)c3F)nc2-c2ccc(=O)n(C)c2)o1. The lowest BCUT2D eigenvalue weighted by Gasteiger charge is -2.13. The molecule has 4 N–H and O–H groups in total. The van der Waals surface area contributed by atoms with Crippen LogP contribution in [0.4, 0.5) is 14.6 Å². The molecule has 0 aliphatic heterocycles. The standard InChI is InChI=1S/C23H19F2N5O3/c1-11-3-7-16(33-11)21-20(13-5-8-17(31)30(2)10-13)28-15(22(26)29-21)9-12-4-6-14(24)18(19(12)25)23(27)32/h3-8,10H,9H2,1-2H3,(H2,26,29)(H2,27,32). The molecule has 0 saturated heterocycles. The Morgan fingerprint density at radius 2 is 1.85 bits per heavy atom. The molecule has 4 rings (SSSR count). The maximum atomic E-state index is 14.8. The van der Waals surface area contributed by atoms with E-state index in [9.17, 15) is 18.4 Å².